The smallest absolute Gasteiger partial charge is 0.0507 e. The lowest BCUT2D eigenvalue weighted by Crippen LogP contribution is -2.40. The van der Waals surface area contributed by atoms with Crippen molar-refractivity contribution in [2.24, 2.45) is 17.6 Å². The molecule has 0 bridgehead atoms. The minimum absolute atomic E-state index is 0.138. The van der Waals surface area contributed by atoms with E-state index in [-0.39, 0.29) is 6.04 Å². The molecule has 0 radical (unpaired) electrons. The number of nitrogens with zero attached hydrogens (tertiary/aromatic N) is 1. The fourth-order valence-corrected chi connectivity index (χ4v) is 4.14. The fraction of sp³-hybridized carbons (Fsp3) is 0.667. The Hall–Kier alpha value is -0.380. The summed E-state index contributed by atoms with van der Waals surface area (Å²) in [4.78, 5) is 2.60. The molecule has 1 heterocycles. The Morgan fingerprint density at radius 3 is 2.48 bits per heavy atom. The second kappa shape index (κ2) is 7.75. The van der Waals surface area contributed by atoms with Gasteiger partial charge in [-0.2, -0.15) is 0 Å². The number of rotatable bonds is 4. The van der Waals surface area contributed by atoms with E-state index in [9.17, 15) is 0 Å². The number of halogens is 1. The summed E-state index contributed by atoms with van der Waals surface area (Å²) in [5.74, 6) is 1.66. The first-order valence-electron chi connectivity index (χ1n) is 8.24. The molecule has 1 aromatic carbocycles. The maximum Gasteiger partial charge on any atom is 0.0507 e. The van der Waals surface area contributed by atoms with E-state index < -0.39 is 0 Å². The molecule has 0 spiro atoms. The molecule has 0 amide bonds. The van der Waals surface area contributed by atoms with Gasteiger partial charge in [-0.3, -0.25) is 4.90 Å². The van der Waals surface area contributed by atoms with Crippen LogP contribution in [-0.2, 0) is 0 Å². The van der Waals surface area contributed by atoms with Crippen molar-refractivity contribution in [3.8, 4) is 0 Å². The van der Waals surface area contributed by atoms with Crippen molar-refractivity contribution in [3.05, 3.63) is 34.3 Å². The molecule has 2 rings (SSSR count). The summed E-state index contributed by atoms with van der Waals surface area (Å²) in [7, 11) is 0. The number of likely N-dealkylation sites (tertiary alicyclic amines) is 1. The molecule has 1 fully saturated rings. The zero-order chi connectivity index (χ0) is 15.4. The highest BCUT2D eigenvalue weighted by atomic mass is 79.9. The Morgan fingerprint density at radius 1 is 1.14 bits per heavy atom. The third-order valence-electron chi connectivity index (χ3n) is 4.87. The number of hydrogen-bond donors (Lipinski definition) is 1. The summed E-state index contributed by atoms with van der Waals surface area (Å²) in [6.45, 7) is 9.18. The van der Waals surface area contributed by atoms with E-state index in [0.29, 0.717) is 6.04 Å². The molecule has 3 heteroatoms. The van der Waals surface area contributed by atoms with Crippen LogP contribution in [0.1, 0.15) is 51.6 Å². The van der Waals surface area contributed by atoms with Gasteiger partial charge < -0.3 is 5.73 Å². The molecule has 2 nitrogen and oxygen atoms in total. The van der Waals surface area contributed by atoms with Crippen LogP contribution in [0.3, 0.4) is 0 Å². The van der Waals surface area contributed by atoms with Crippen LogP contribution in [0.5, 0.6) is 0 Å². The molecule has 0 saturated carbocycles. The second-order valence-electron chi connectivity index (χ2n) is 6.80. The van der Waals surface area contributed by atoms with Gasteiger partial charge in [-0.05, 0) is 62.7 Å². The van der Waals surface area contributed by atoms with Gasteiger partial charge in [-0.15, -0.1) is 0 Å². The van der Waals surface area contributed by atoms with Gasteiger partial charge in [0.05, 0.1) is 6.04 Å². The van der Waals surface area contributed by atoms with E-state index in [1.165, 1.54) is 29.3 Å². The van der Waals surface area contributed by atoms with Gasteiger partial charge in [0.2, 0.25) is 0 Å². The topological polar surface area (TPSA) is 29.3 Å². The first-order valence-corrected chi connectivity index (χ1v) is 9.04. The quantitative estimate of drug-likeness (QED) is 0.857. The molecule has 0 aliphatic carbocycles. The molecule has 1 aliphatic heterocycles. The molecule has 3 atom stereocenters. The van der Waals surface area contributed by atoms with Crippen molar-refractivity contribution in [2.45, 2.75) is 52.1 Å². The van der Waals surface area contributed by atoms with E-state index in [1.807, 2.05) is 0 Å². The number of nitrogens with two attached hydrogens (primary N) is 1. The van der Waals surface area contributed by atoms with E-state index in [4.69, 9.17) is 5.73 Å². The van der Waals surface area contributed by atoms with Gasteiger partial charge in [0.1, 0.15) is 0 Å². The first kappa shape index (κ1) is 17.0. The van der Waals surface area contributed by atoms with E-state index >= 15 is 0 Å². The molecular formula is C18H29BrN2. The van der Waals surface area contributed by atoms with Crippen molar-refractivity contribution in [1.29, 1.82) is 0 Å². The van der Waals surface area contributed by atoms with Crippen LogP contribution in [0.4, 0.5) is 0 Å². The average Bonchev–Trinajstić information content (AvgIpc) is 2.67. The van der Waals surface area contributed by atoms with Crippen LogP contribution < -0.4 is 5.73 Å². The maximum absolute atomic E-state index is 6.35. The molecule has 3 unspecified atom stereocenters. The van der Waals surface area contributed by atoms with Crippen LogP contribution in [0.15, 0.2) is 28.7 Å². The van der Waals surface area contributed by atoms with Crippen LogP contribution in [-0.4, -0.2) is 24.0 Å². The molecule has 1 saturated heterocycles. The van der Waals surface area contributed by atoms with Crippen molar-refractivity contribution >= 4 is 15.9 Å². The van der Waals surface area contributed by atoms with Crippen LogP contribution in [0.25, 0.3) is 0 Å². The maximum atomic E-state index is 6.35. The average molecular weight is 353 g/mol. The zero-order valence-electron chi connectivity index (χ0n) is 13.6. The highest BCUT2D eigenvalue weighted by Crippen LogP contribution is 2.33. The SMILES string of the molecule is CC(C)C1CCCN(C(c2ccccc2Br)C(C)N)CC1. The zero-order valence-corrected chi connectivity index (χ0v) is 15.1. The molecule has 21 heavy (non-hydrogen) atoms. The molecule has 2 N–H and O–H groups in total. The summed E-state index contributed by atoms with van der Waals surface area (Å²) < 4.78 is 1.18. The van der Waals surface area contributed by atoms with Crippen molar-refractivity contribution in [3.63, 3.8) is 0 Å². The van der Waals surface area contributed by atoms with Gasteiger partial charge in [0, 0.05) is 10.5 Å². The highest BCUT2D eigenvalue weighted by molar-refractivity contribution is 9.10. The molecule has 118 valence electrons. The van der Waals surface area contributed by atoms with E-state index in [0.717, 1.165) is 24.9 Å². The van der Waals surface area contributed by atoms with Gasteiger partial charge >= 0.3 is 0 Å². The normalized spacial score (nSPS) is 23.8. The van der Waals surface area contributed by atoms with Gasteiger partial charge in [-0.1, -0.05) is 48.0 Å². The van der Waals surface area contributed by atoms with E-state index in [1.54, 1.807) is 0 Å². The van der Waals surface area contributed by atoms with Gasteiger partial charge in [0.15, 0.2) is 0 Å². The Morgan fingerprint density at radius 2 is 1.86 bits per heavy atom. The standard InChI is InChI=1S/C18H29BrN2/c1-13(2)15-7-6-11-21(12-10-15)18(14(3)20)16-8-4-5-9-17(16)19/h4-5,8-9,13-15,18H,6-7,10-12,20H2,1-3H3. The monoisotopic (exact) mass is 352 g/mol. The lowest BCUT2D eigenvalue weighted by Gasteiger charge is -2.34. The summed E-state index contributed by atoms with van der Waals surface area (Å²) >= 11 is 3.70. The molecular weight excluding hydrogens is 324 g/mol. The van der Waals surface area contributed by atoms with Crippen molar-refractivity contribution in [2.75, 3.05) is 13.1 Å². The Balaban J connectivity index is 2.18. The Kier molecular flexibility index (Phi) is 6.27. The fourth-order valence-electron chi connectivity index (χ4n) is 3.62. The van der Waals surface area contributed by atoms with Crippen molar-refractivity contribution in [1.82, 2.24) is 4.90 Å². The highest BCUT2D eigenvalue weighted by Gasteiger charge is 2.28. The summed E-state index contributed by atoms with van der Waals surface area (Å²) in [6.07, 6.45) is 3.94. The van der Waals surface area contributed by atoms with Gasteiger partial charge in [-0.25, -0.2) is 0 Å². The van der Waals surface area contributed by atoms with Crippen LogP contribution in [0, 0.1) is 11.8 Å². The summed E-state index contributed by atoms with van der Waals surface area (Å²) in [5, 5.41) is 0. The minimum atomic E-state index is 0.138. The predicted octanol–water partition coefficient (Wildman–Crippen LogP) is 4.60. The largest absolute Gasteiger partial charge is 0.326 e. The lowest BCUT2D eigenvalue weighted by atomic mass is 9.89. The van der Waals surface area contributed by atoms with Crippen molar-refractivity contribution < 1.29 is 0 Å². The first-order chi connectivity index (χ1) is 10.0. The predicted molar refractivity (Wildman–Crippen MR) is 94.3 cm³/mol. The van der Waals surface area contributed by atoms with Crippen LogP contribution >= 0.6 is 15.9 Å². The molecule has 1 aliphatic rings. The molecule has 1 aromatic rings. The third kappa shape index (κ3) is 4.30. The Labute approximate surface area is 138 Å². The Bertz CT molecular complexity index is 445. The third-order valence-corrected chi connectivity index (χ3v) is 5.59. The summed E-state index contributed by atoms with van der Waals surface area (Å²) in [6, 6.07) is 8.97. The lowest BCUT2D eigenvalue weighted by molar-refractivity contribution is 0.178. The van der Waals surface area contributed by atoms with Gasteiger partial charge in [0.25, 0.3) is 0 Å². The summed E-state index contributed by atoms with van der Waals surface area (Å²) in [5.41, 5.74) is 7.68. The van der Waals surface area contributed by atoms with E-state index in [2.05, 4.69) is 65.9 Å². The number of hydrogen-bond acceptors (Lipinski definition) is 2. The second-order valence-corrected chi connectivity index (χ2v) is 7.65. The minimum Gasteiger partial charge on any atom is -0.326 e. The molecule has 0 aromatic heterocycles. The number of benzene rings is 1. The van der Waals surface area contributed by atoms with Crippen LogP contribution in [0.2, 0.25) is 0 Å².